The second-order valence-corrected chi connectivity index (χ2v) is 6.60. The van der Waals surface area contributed by atoms with Crippen LogP contribution in [0.15, 0.2) is 72.8 Å². The molecule has 0 radical (unpaired) electrons. The van der Waals surface area contributed by atoms with Gasteiger partial charge in [-0.1, -0.05) is 54.6 Å². The van der Waals surface area contributed by atoms with Gasteiger partial charge in [0.05, 0.1) is 20.3 Å². The van der Waals surface area contributed by atoms with E-state index in [-0.39, 0.29) is 18.6 Å². The van der Waals surface area contributed by atoms with E-state index in [2.05, 4.69) is 5.32 Å². The summed E-state index contributed by atoms with van der Waals surface area (Å²) < 4.78 is 16.2. The first-order valence-electron chi connectivity index (χ1n) is 9.36. The molecule has 5 nitrogen and oxygen atoms in total. The number of amides is 1. The van der Waals surface area contributed by atoms with Crippen LogP contribution in [0.2, 0.25) is 0 Å². The van der Waals surface area contributed by atoms with E-state index in [1.165, 1.54) is 0 Å². The highest BCUT2D eigenvalue weighted by Gasteiger charge is 2.18. The van der Waals surface area contributed by atoms with Crippen molar-refractivity contribution in [2.45, 2.75) is 13.0 Å². The molecule has 3 aromatic carbocycles. The zero-order chi connectivity index (χ0) is 20.6. The number of aryl methyl sites for hydroxylation is 1. The molecule has 0 heterocycles. The Kier molecular flexibility index (Phi) is 6.74. The summed E-state index contributed by atoms with van der Waals surface area (Å²) in [7, 11) is 3.13. The highest BCUT2D eigenvalue weighted by atomic mass is 16.5. The second kappa shape index (κ2) is 9.64. The number of rotatable bonds is 8. The van der Waals surface area contributed by atoms with Crippen molar-refractivity contribution in [1.82, 2.24) is 5.32 Å². The third-order valence-electron chi connectivity index (χ3n) is 4.63. The molecule has 1 N–H and O–H groups in total. The molecule has 0 aromatic heterocycles. The first kappa shape index (κ1) is 20.3. The van der Waals surface area contributed by atoms with Crippen LogP contribution in [0.1, 0.15) is 22.7 Å². The first-order valence-corrected chi connectivity index (χ1v) is 9.36. The van der Waals surface area contributed by atoms with Crippen molar-refractivity contribution < 1.29 is 19.0 Å². The summed E-state index contributed by atoms with van der Waals surface area (Å²) in [6, 6.07) is 22.8. The van der Waals surface area contributed by atoms with Gasteiger partial charge in [0, 0.05) is 18.2 Å². The monoisotopic (exact) mass is 391 g/mol. The average molecular weight is 391 g/mol. The lowest BCUT2D eigenvalue weighted by atomic mass is 9.95. The fourth-order valence-corrected chi connectivity index (χ4v) is 3.11. The Labute approximate surface area is 171 Å². The number of methoxy groups -OCH3 is 2. The Morgan fingerprint density at radius 2 is 1.45 bits per heavy atom. The van der Waals surface area contributed by atoms with Gasteiger partial charge in [0.1, 0.15) is 17.2 Å². The molecule has 0 spiro atoms. The molecule has 150 valence electrons. The van der Waals surface area contributed by atoms with Crippen molar-refractivity contribution in [3.05, 3.63) is 89.5 Å². The van der Waals surface area contributed by atoms with Crippen molar-refractivity contribution in [3.63, 3.8) is 0 Å². The lowest BCUT2D eigenvalue weighted by molar-refractivity contribution is -0.123. The molecule has 3 rings (SSSR count). The molecule has 0 fully saturated rings. The van der Waals surface area contributed by atoms with Crippen LogP contribution in [0.3, 0.4) is 0 Å². The van der Waals surface area contributed by atoms with Gasteiger partial charge >= 0.3 is 0 Å². The minimum atomic E-state index is -0.256. The van der Waals surface area contributed by atoms with Crippen molar-refractivity contribution in [2.75, 3.05) is 20.8 Å². The van der Waals surface area contributed by atoms with Crippen molar-refractivity contribution in [1.29, 1.82) is 0 Å². The van der Waals surface area contributed by atoms with Crippen LogP contribution < -0.4 is 19.5 Å². The standard InChI is InChI=1S/C24H25NO4/c1-17-9-7-8-12-22(17)24(18-10-5-4-6-11-18)25-23(26)16-29-21-14-19(27-2)13-20(15-21)28-3/h4-15,24H,16H2,1-3H3,(H,25,26)/t24-/m1/s1. The fourth-order valence-electron chi connectivity index (χ4n) is 3.11. The summed E-state index contributed by atoms with van der Waals surface area (Å²) in [6.07, 6.45) is 0. The summed E-state index contributed by atoms with van der Waals surface area (Å²) in [4.78, 5) is 12.7. The third kappa shape index (κ3) is 5.29. The van der Waals surface area contributed by atoms with Crippen molar-refractivity contribution in [2.24, 2.45) is 0 Å². The largest absolute Gasteiger partial charge is 0.496 e. The number of carbonyl (C=O) groups is 1. The van der Waals surface area contributed by atoms with E-state index in [0.29, 0.717) is 17.2 Å². The molecule has 0 aliphatic heterocycles. The number of carbonyl (C=O) groups excluding carboxylic acids is 1. The average Bonchev–Trinajstić information content (AvgIpc) is 2.77. The number of hydrogen-bond donors (Lipinski definition) is 1. The molecule has 0 aliphatic rings. The van der Waals surface area contributed by atoms with Crippen LogP contribution in [-0.2, 0) is 4.79 Å². The maximum atomic E-state index is 12.7. The van der Waals surface area contributed by atoms with Crippen LogP contribution in [0.5, 0.6) is 17.2 Å². The van der Waals surface area contributed by atoms with Crippen LogP contribution in [0, 0.1) is 6.92 Å². The zero-order valence-corrected chi connectivity index (χ0v) is 16.8. The zero-order valence-electron chi connectivity index (χ0n) is 16.8. The quantitative estimate of drug-likeness (QED) is 0.622. The Morgan fingerprint density at radius 1 is 0.862 bits per heavy atom. The predicted molar refractivity (Wildman–Crippen MR) is 113 cm³/mol. The molecule has 3 aromatic rings. The van der Waals surface area contributed by atoms with Gasteiger partial charge in [-0.15, -0.1) is 0 Å². The van der Waals surface area contributed by atoms with Gasteiger partial charge in [-0.05, 0) is 23.6 Å². The fraction of sp³-hybridized carbons (Fsp3) is 0.208. The summed E-state index contributed by atoms with van der Waals surface area (Å²) in [5.41, 5.74) is 3.17. The molecule has 0 bridgehead atoms. The van der Waals surface area contributed by atoms with Crippen LogP contribution in [0.4, 0.5) is 0 Å². The van der Waals surface area contributed by atoms with Crippen molar-refractivity contribution >= 4 is 5.91 Å². The van der Waals surface area contributed by atoms with Crippen molar-refractivity contribution in [3.8, 4) is 17.2 Å². The van der Waals surface area contributed by atoms with E-state index >= 15 is 0 Å². The molecular weight excluding hydrogens is 366 g/mol. The molecular formula is C24H25NO4. The number of nitrogens with one attached hydrogen (secondary N) is 1. The summed E-state index contributed by atoms with van der Waals surface area (Å²) in [6.45, 7) is 1.92. The topological polar surface area (TPSA) is 56.8 Å². The van der Waals surface area contributed by atoms with Crippen LogP contribution in [0.25, 0.3) is 0 Å². The SMILES string of the molecule is COc1cc(OC)cc(OCC(=O)N[C@H](c2ccccc2)c2ccccc2C)c1. The lowest BCUT2D eigenvalue weighted by Crippen LogP contribution is -2.33. The molecule has 29 heavy (non-hydrogen) atoms. The molecule has 1 amide bonds. The predicted octanol–water partition coefficient (Wildman–Crippen LogP) is 4.30. The van der Waals surface area contributed by atoms with Gasteiger partial charge in [-0.3, -0.25) is 4.79 Å². The third-order valence-corrected chi connectivity index (χ3v) is 4.63. The van der Waals surface area contributed by atoms with Gasteiger partial charge < -0.3 is 19.5 Å². The molecule has 0 unspecified atom stereocenters. The molecule has 0 aliphatic carbocycles. The van der Waals surface area contributed by atoms with E-state index in [1.54, 1.807) is 32.4 Å². The lowest BCUT2D eigenvalue weighted by Gasteiger charge is -2.22. The molecule has 1 atom stereocenters. The van der Waals surface area contributed by atoms with E-state index in [0.717, 1.165) is 16.7 Å². The maximum absolute atomic E-state index is 12.7. The number of ether oxygens (including phenoxy) is 3. The van der Waals surface area contributed by atoms with E-state index < -0.39 is 0 Å². The van der Waals surface area contributed by atoms with Gasteiger partial charge in [0.2, 0.25) is 0 Å². The minimum Gasteiger partial charge on any atom is -0.496 e. The second-order valence-electron chi connectivity index (χ2n) is 6.60. The maximum Gasteiger partial charge on any atom is 0.258 e. The van der Waals surface area contributed by atoms with Crippen LogP contribution in [-0.4, -0.2) is 26.7 Å². The van der Waals surface area contributed by atoms with E-state index in [4.69, 9.17) is 14.2 Å². The van der Waals surface area contributed by atoms with E-state index in [9.17, 15) is 4.79 Å². The van der Waals surface area contributed by atoms with Gasteiger partial charge in [0.15, 0.2) is 6.61 Å². The molecule has 0 saturated heterocycles. The highest BCUT2D eigenvalue weighted by molar-refractivity contribution is 5.78. The van der Waals surface area contributed by atoms with Gasteiger partial charge in [-0.2, -0.15) is 0 Å². The Morgan fingerprint density at radius 3 is 2.07 bits per heavy atom. The number of benzene rings is 3. The van der Waals surface area contributed by atoms with Crippen LogP contribution >= 0.6 is 0 Å². The van der Waals surface area contributed by atoms with Gasteiger partial charge in [0.25, 0.3) is 5.91 Å². The Hall–Kier alpha value is -3.47. The Bertz CT molecular complexity index is 934. The normalized spacial score (nSPS) is 11.4. The highest BCUT2D eigenvalue weighted by Crippen LogP contribution is 2.28. The summed E-state index contributed by atoms with van der Waals surface area (Å²) in [5, 5.41) is 3.09. The number of hydrogen-bond acceptors (Lipinski definition) is 4. The van der Waals surface area contributed by atoms with E-state index in [1.807, 2.05) is 61.5 Å². The summed E-state index contributed by atoms with van der Waals surface area (Å²) >= 11 is 0. The summed E-state index contributed by atoms with van der Waals surface area (Å²) in [5.74, 6) is 1.48. The smallest absolute Gasteiger partial charge is 0.258 e. The molecule has 5 heteroatoms. The minimum absolute atomic E-state index is 0.120. The van der Waals surface area contributed by atoms with Gasteiger partial charge in [-0.25, -0.2) is 0 Å². The first-order chi connectivity index (χ1) is 14.1. The Balaban J connectivity index is 1.75. The molecule has 0 saturated carbocycles.